The Kier molecular flexibility index (Phi) is 5.61. The van der Waals surface area contributed by atoms with Crippen molar-refractivity contribution in [3.8, 4) is 5.75 Å². The number of aryl methyl sites for hydroxylation is 2. The van der Waals surface area contributed by atoms with Gasteiger partial charge in [-0.2, -0.15) is 0 Å². The fourth-order valence-corrected chi connectivity index (χ4v) is 3.41. The Balaban J connectivity index is 1.66. The van der Waals surface area contributed by atoms with Gasteiger partial charge in [-0.1, -0.05) is 11.6 Å². The zero-order valence-corrected chi connectivity index (χ0v) is 15.7. The van der Waals surface area contributed by atoms with Crippen LogP contribution in [0, 0.1) is 13.8 Å². The van der Waals surface area contributed by atoms with Crippen LogP contribution < -0.4 is 15.6 Å². The summed E-state index contributed by atoms with van der Waals surface area (Å²) in [6, 6.07) is 5.18. The van der Waals surface area contributed by atoms with Crippen molar-refractivity contribution in [3.63, 3.8) is 0 Å². The fourth-order valence-electron chi connectivity index (χ4n) is 3.18. The van der Waals surface area contributed by atoms with Crippen LogP contribution in [-0.2, 0) is 11.2 Å². The van der Waals surface area contributed by atoms with Gasteiger partial charge in [0.25, 0.3) is 5.56 Å². The molecule has 6 nitrogen and oxygen atoms in total. The molecule has 0 spiro atoms. The van der Waals surface area contributed by atoms with E-state index in [1.807, 2.05) is 0 Å². The molecule has 1 heterocycles. The van der Waals surface area contributed by atoms with E-state index in [0.717, 1.165) is 12.8 Å². The number of hydrogen-bond donors (Lipinski definition) is 2. The summed E-state index contributed by atoms with van der Waals surface area (Å²) in [6.07, 6.45) is 4.63. The first-order valence-electron chi connectivity index (χ1n) is 8.75. The monoisotopic (exact) mass is 375 g/mol. The second-order valence-corrected chi connectivity index (χ2v) is 7.02. The average Bonchev–Trinajstić information content (AvgIpc) is 3.06. The Morgan fingerprint density at radius 2 is 2.08 bits per heavy atom. The highest BCUT2D eigenvalue weighted by Crippen LogP contribution is 2.31. The van der Waals surface area contributed by atoms with Gasteiger partial charge < -0.3 is 15.0 Å². The Labute approximate surface area is 156 Å². The van der Waals surface area contributed by atoms with Crippen molar-refractivity contribution in [1.29, 1.82) is 0 Å². The van der Waals surface area contributed by atoms with Gasteiger partial charge in [-0.25, -0.2) is 4.98 Å². The highest BCUT2D eigenvalue weighted by molar-refractivity contribution is 6.32. The number of nitrogens with zero attached hydrogens (tertiary/aromatic N) is 1. The van der Waals surface area contributed by atoms with Gasteiger partial charge in [0.15, 0.2) is 0 Å². The molecule has 7 heteroatoms. The van der Waals surface area contributed by atoms with Gasteiger partial charge in [0, 0.05) is 16.9 Å². The minimum atomic E-state index is -0.301. The Morgan fingerprint density at radius 3 is 2.73 bits per heavy atom. The van der Waals surface area contributed by atoms with Crippen LogP contribution in [0.3, 0.4) is 0 Å². The van der Waals surface area contributed by atoms with E-state index in [4.69, 9.17) is 16.3 Å². The largest absolute Gasteiger partial charge is 0.489 e. The summed E-state index contributed by atoms with van der Waals surface area (Å²) in [4.78, 5) is 31.1. The molecule has 0 saturated heterocycles. The summed E-state index contributed by atoms with van der Waals surface area (Å²) in [5, 5.41) is 3.22. The summed E-state index contributed by atoms with van der Waals surface area (Å²) >= 11 is 6.28. The number of benzene rings is 1. The number of carbonyl (C=O) groups excluding carboxylic acids is 1. The van der Waals surface area contributed by atoms with Gasteiger partial charge in [0.05, 0.1) is 17.5 Å². The van der Waals surface area contributed by atoms with E-state index in [2.05, 4.69) is 15.3 Å². The van der Waals surface area contributed by atoms with Gasteiger partial charge in [-0.05, 0) is 57.7 Å². The zero-order valence-electron chi connectivity index (χ0n) is 14.9. The number of anilines is 1. The van der Waals surface area contributed by atoms with Crippen molar-refractivity contribution in [2.24, 2.45) is 0 Å². The van der Waals surface area contributed by atoms with Crippen molar-refractivity contribution >= 4 is 23.2 Å². The molecule has 1 saturated carbocycles. The van der Waals surface area contributed by atoms with Crippen molar-refractivity contribution in [1.82, 2.24) is 9.97 Å². The normalized spacial score (nSPS) is 14.4. The number of nitrogens with one attached hydrogen (secondary N) is 2. The molecule has 0 aliphatic heterocycles. The van der Waals surface area contributed by atoms with E-state index >= 15 is 0 Å². The van der Waals surface area contributed by atoms with E-state index < -0.39 is 0 Å². The number of carbonyl (C=O) groups is 1. The van der Waals surface area contributed by atoms with Gasteiger partial charge in [0.1, 0.15) is 11.6 Å². The van der Waals surface area contributed by atoms with Crippen LogP contribution in [0.4, 0.5) is 5.69 Å². The van der Waals surface area contributed by atoms with Crippen molar-refractivity contribution in [2.45, 2.75) is 52.1 Å². The fraction of sp³-hybridized carbons (Fsp3) is 0.421. The molecule has 1 amide bonds. The molecule has 138 valence electrons. The topological polar surface area (TPSA) is 84.1 Å². The van der Waals surface area contributed by atoms with Crippen LogP contribution in [0.25, 0.3) is 0 Å². The van der Waals surface area contributed by atoms with Crippen LogP contribution in [-0.4, -0.2) is 22.0 Å². The Bertz CT molecular complexity index is 873. The first-order valence-corrected chi connectivity index (χ1v) is 9.12. The van der Waals surface area contributed by atoms with Gasteiger partial charge in [0.2, 0.25) is 5.91 Å². The van der Waals surface area contributed by atoms with Crippen LogP contribution in [0.15, 0.2) is 23.0 Å². The van der Waals surface area contributed by atoms with Crippen molar-refractivity contribution < 1.29 is 9.53 Å². The second-order valence-electron chi connectivity index (χ2n) is 6.61. The van der Waals surface area contributed by atoms with Gasteiger partial charge in [-0.3, -0.25) is 9.59 Å². The van der Waals surface area contributed by atoms with Crippen LogP contribution in [0.5, 0.6) is 5.75 Å². The van der Waals surface area contributed by atoms with Crippen LogP contribution in [0.1, 0.15) is 42.8 Å². The molecule has 3 rings (SSSR count). The summed E-state index contributed by atoms with van der Waals surface area (Å²) in [7, 11) is 0. The molecule has 2 aromatic rings. The first-order chi connectivity index (χ1) is 12.4. The SMILES string of the molecule is Cc1nc(C)c(CC(=O)Nc2ccc(OC3CCCC3)c(Cl)c2)c(=O)[nH]1. The first kappa shape index (κ1) is 18.5. The number of hydrogen-bond acceptors (Lipinski definition) is 4. The molecule has 1 aliphatic carbocycles. The Hall–Kier alpha value is -2.34. The zero-order chi connectivity index (χ0) is 18.7. The van der Waals surface area contributed by atoms with Crippen molar-refractivity contribution in [3.05, 3.63) is 50.7 Å². The summed E-state index contributed by atoms with van der Waals surface area (Å²) in [5.74, 6) is 0.859. The van der Waals surface area contributed by atoms with Gasteiger partial charge in [-0.15, -0.1) is 0 Å². The molecule has 1 aromatic heterocycles. The highest BCUT2D eigenvalue weighted by Gasteiger charge is 2.18. The molecule has 2 N–H and O–H groups in total. The molecule has 0 atom stereocenters. The molecular formula is C19H22ClN3O3. The Morgan fingerprint density at radius 1 is 1.35 bits per heavy atom. The minimum Gasteiger partial charge on any atom is -0.489 e. The second kappa shape index (κ2) is 7.91. The van der Waals surface area contributed by atoms with E-state index in [9.17, 15) is 9.59 Å². The third-order valence-corrected chi connectivity index (χ3v) is 4.78. The number of aromatic nitrogens is 2. The molecule has 1 aromatic carbocycles. The lowest BCUT2D eigenvalue weighted by molar-refractivity contribution is -0.115. The molecule has 26 heavy (non-hydrogen) atoms. The number of ether oxygens (including phenoxy) is 1. The van der Waals surface area contributed by atoms with Crippen LogP contribution in [0.2, 0.25) is 5.02 Å². The standard InChI is InChI=1S/C19H22ClN3O3/c1-11-15(19(25)22-12(2)21-11)10-18(24)23-13-7-8-17(16(20)9-13)26-14-5-3-4-6-14/h7-9,14H,3-6,10H2,1-2H3,(H,23,24)(H,21,22,25). The number of halogens is 1. The predicted octanol–water partition coefficient (Wildman–Crippen LogP) is 3.54. The maximum absolute atomic E-state index is 12.3. The molecule has 1 aliphatic rings. The molecular weight excluding hydrogens is 354 g/mol. The quantitative estimate of drug-likeness (QED) is 0.837. The predicted molar refractivity (Wildman–Crippen MR) is 101 cm³/mol. The number of aromatic amines is 1. The number of amides is 1. The minimum absolute atomic E-state index is 0.0492. The van der Waals surface area contributed by atoms with Crippen LogP contribution >= 0.6 is 11.6 Å². The molecule has 1 fully saturated rings. The lowest BCUT2D eigenvalue weighted by Gasteiger charge is -2.15. The summed E-state index contributed by atoms with van der Waals surface area (Å²) in [6.45, 7) is 3.42. The van der Waals surface area contributed by atoms with Gasteiger partial charge >= 0.3 is 0 Å². The average molecular weight is 376 g/mol. The third kappa shape index (κ3) is 4.43. The van der Waals surface area contributed by atoms with E-state index in [1.165, 1.54) is 12.8 Å². The smallest absolute Gasteiger partial charge is 0.254 e. The van der Waals surface area contributed by atoms with E-state index in [-0.39, 0.29) is 24.0 Å². The van der Waals surface area contributed by atoms with E-state index in [0.29, 0.717) is 33.5 Å². The van der Waals surface area contributed by atoms with Crippen molar-refractivity contribution in [2.75, 3.05) is 5.32 Å². The maximum atomic E-state index is 12.3. The lowest BCUT2D eigenvalue weighted by atomic mass is 10.1. The number of H-pyrrole nitrogens is 1. The number of rotatable bonds is 5. The molecule has 0 unspecified atom stereocenters. The maximum Gasteiger partial charge on any atom is 0.254 e. The summed E-state index contributed by atoms with van der Waals surface area (Å²) < 4.78 is 5.91. The molecule has 0 radical (unpaired) electrons. The molecule has 0 bridgehead atoms. The lowest BCUT2D eigenvalue weighted by Crippen LogP contribution is -2.24. The summed E-state index contributed by atoms with van der Waals surface area (Å²) in [5.41, 5.74) is 1.19. The van der Waals surface area contributed by atoms with E-state index in [1.54, 1.807) is 32.0 Å². The third-order valence-electron chi connectivity index (χ3n) is 4.49. The highest BCUT2D eigenvalue weighted by atomic mass is 35.5.